The van der Waals surface area contributed by atoms with E-state index in [1.54, 1.807) is 12.1 Å². The number of anilines is 1. The highest BCUT2D eigenvalue weighted by Crippen LogP contribution is 2.17. The van der Waals surface area contributed by atoms with E-state index in [4.69, 9.17) is 4.74 Å². The Labute approximate surface area is 112 Å². The van der Waals surface area contributed by atoms with Crippen molar-refractivity contribution in [2.75, 3.05) is 12.4 Å². The van der Waals surface area contributed by atoms with Gasteiger partial charge in [0.25, 0.3) is 5.91 Å². The standard InChI is InChI=1S/C15H16N2O2/c1-10-4-5-11(2)13(8-10)17-15(18)12-6-7-14(19-3)16-9-12/h4-9H,1-3H3,(H,17,18). The van der Waals surface area contributed by atoms with Crippen molar-refractivity contribution in [1.82, 2.24) is 4.98 Å². The Morgan fingerprint density at radius 2 is 2.00 bits per heavy atom. The van der Waals surface area contributed by atoms with Gasteiger partial charge in [-0.2, -0.15) is 0 Å². The van der Waals surface area contributed by atoms with E-state index in [2.05, 4.69) is 10.3 Å². The molecule has 2 aromatic rings. The summed E-state index contributed by atoms with van der Waals surface area (Å²) in [5.41, 5.74) is 3.46. The van der Waals surface area contributed by atoms with Crippen LogP contribution in [-0.4, -0.2) is 18.0 Å². The third-order valence-electron chi connectivity index (χ3n) is 2.85. The fraction of sp³-hybridized carbons (Fsp3) is 0.200. The van der Waals surface area contributed by atoms with Crippen LogP contribution in [0.1, 0.15) is 21.5 Å². The number of benzene rings is 1. The lowest BCUT2D eigenvalue weighted by Crippen LogP contribution is -2.13. The number of pyridine rings is 1. The quantitative estimate of drug-likeness (QED) is 0.918. The maximum absolute atomic E-state index is 12.1. The summed E-state index contributed by atoms with van der Waals surface area (Å²) in [5.74, 6) is 0.312. The molecule has 4 heteroatoms. The Kier molecular flexibility index (Phi) is 3.80. The summed E-state index contributed by atoms with van der Waals surface area (Å²) in [7, 11) is 1.54. The predicted octanol–water partition coefficient (Wildman–Crippen LogP) is 2.96. The van der Waals surface area contributed by atoms with E-state index in [9.17, 15) is 4.79 Å². The first-order valence-corrected chi connectivity index (χ1v) is 5.99. The number of hydrogen-bond acceptors (Lipinski definition) is 3. The highest BCUT2D eigenvalue weighted by Gasteiger charge is 2.08. The number of carbonyl (C=O) groups excluding carboxylic acids is 1. The van der Waals surface area contributed by atoms with Crippen LogP contribution in [0.25, 0.3) is 0 Å². The van der Waals surface area contributed by atoms with Gasteiger partial charge in [-0.3, -0.25) is 4.79 Å². The maximum Gasteiger partial charge on any atom is 0.257 e. The summed E-state index contributed by atoms with van der Waals surface area (Å²) in [6.45, 7) is 3.95. The average molecular weight is 256 g/mol. The van der Waals surface area contributed by atoms with Gasteiger partial charge in [-0.05, 0) is 37.1 Å². The van der Waals surface area contributed by atoms with E-state index in [1.165, 1.54) is 13.3 Å². The van der Waals surface area contributed by atoms with Crippen LogP contribution in [0.5, 0.6) is 5.88 Å². The second-order valence-corrected chi connectivity index (χ2v) is 4.36. The molecule has 0 fully saturated rings. The molecule has 2 rings (SSSR count). The number of hydrogen-bond donors (Lipinski definition) is 1. The molecule has 1 aromatic carbocycles. The van der Waals surface area contributed by atoms with Crippen LogP contribution in [0.2, 0.25) is 0 Å². The number of ether oxygens (including phenoxy) is 1. The second-order valence-electron chi connectivity index (χ2n) is 4.36. The van der Waals surface area contributed by atoms with Crippen LogP contribution < -0.4 is 10.1 Å². The summed E-state index contributed by atoms with van der Waals surface area (Å²) in [6.07, 6.45) is 1.50. The van der Waals surface area contributed by atoms with Gasteiger partial charge in [0.2, 0.25) is 5.88 Å². The maximum atomic E-state index is 12.1. The van der Waals surface area contributed by atoms with Crippen LogP contribution in [0.3, 0.4) is 0 Å². The average Bonchev–Trinajstić information content (AvgIpc) is 2.43. The summed E-state index contributed by atoms with van der Waals surface area (Å²) in [5, 5.41) is 2.89. The number of carbonyl (C=O) groups is 1. The van der Waals surface area contributed by atoms with Crippen LogP contribution in [0.15, 0.2) is 36.5 Å². The van der Waals surface area contributed by atoms with E-state index < -0.39 is 0 Å². The van der Waals surface area contributed by atoms with Gasteiger partial charge in [-0.25, -0.2) is 4.98 Å². The summed E-state index contributed by atoms with van der Waals surface area (Å²) >= 11 is 0. The molecule has 1 heterocycles. The number of nitrogens with one attached hydrogen (secondary N) is 1. The van der Waals surface area contributed by atoms with Gasteiger partial charge in [0, 0.05) is 18.0 Å². The number of methoxy groups -OCH3 is 1. The van der Waals surface area contributed by atoms with E-state index >= 15 is 0 Å². The molecule has 19 heavy (non-hydrogen) atoms. The van der Waals surface area contributed by atoms with Gasteiger partial charge in [0.05, 0.1) is 12.7 Å². The molecule has 0 saturated carbocycles. The number of amides is 1. The van der Waals surface area contributed by atoms with Crippen molar-refractivity contribution in [3.63, 3.8) is 0 Å². The normalized spacial score (nSPS) is 10.1. The molecule has 0 unspecified atom stereocenters. The van der Waals surface area contributed by atoms with Crippen molar-refractivity contribution in [2.45, 2.75) is 13.8 Å². The topological polar surface area (TPSA) is 51.2 Å². The van der Waals surface area contributed by atoms with Gasteiger partial charge in [0.15, 0.2) is 0 Å². The summed E-state index contributed by atoms with van der Waals surface area (Å²) in [6, 6.07) is 9.30. The zero-order valence-electron chi connectivity index (χ0n) is 11.2. The first-order valence-electron chi connectivity index (χ1n) is 5.99. The zero-order valence-corrected chi connectivity index (χ0v) is 11.2. The highest BCUT2D eigenvalue weighted by atomic mass is 16.5. The largest absolute Gasteiger partial charge is 0.481 e. The lowest BCUT2D eigenvalue weighted by molar-refractivity contribution is 0.102. The van der Waals surface area contributed by atoms with Crippen molar-refractivity contribution >= 4 is 11.6 Å². The minimum absolute atomic E-state index is 0.177. The first-order chi connectivity index (χ1) is 9.10. The smallest absolute Gasteiger partial charge is 0.257 e. The Bertz CT molecular complexity index is 592. The van der Waals surface area contributed by atoms with Gasteiger partial charge < -0.3 is 10.1 Å². The van der Waals surface area contributed by atoms with Gasteiger partial charge >= 0.3 is 0 Å². The molecule has 1 N–H and O–H groups in total. The number of rotatable bonds is 3. The molecule has 1 amide bonds. The molecule has 0 radical (unpaired) electrons. The van der Waals surface area contributed by atoms with Crippen molar-refractivity contribution in [1.29, 1.82) is 0 Å². The van der Waals surface area contributed by atoms with Crippen LogP contribution in [-0.2, 0) is 0 Å². The van der Waals surface area contributed by atoms with E-state index in [1.807, 2.05) is 32.0 Å². The third-order valence-corrected chi connectivity index (χ3v) is 2.85. The van der Waals surface area contributed by atoms with Crippen LogP contribution >= 0.6 is 0 Å². The molecule has 0 saturated heterocycles. The van der Waals surface area contributed by atoms with Crippen LogP contribution in [0.4, 0.5) is 5.69 Å². The molecule has 1 aromatic heterocycles. The summed E-state index contributed by atoms with van der Waals surface area (Å²) < 4.78 is 4.96. The van der Waals surface area contributed by atoms with Crippen LogP contribution in [0, 0.1) is 13.8 Å². The lowest BCUT2D eigenvalue weighted by Gasteiger charge is -2.09. The Morgan fingerprint density at radius 1 is 1.21 bits per heavy atom. The molecule has 0 aliphatic rings. The molecule has 0 spiro atoms. The summed E-state index contributed by atoms with van der Waals surface area (Å²) in [4.78, 5) is 16.1. The predicted molar refractivity (Wildman–Crippen MR) is 74.7 cm³/mol. The molecule has 0 aliphatic heterocycles. The fourth-order valence-corrected chi connectivity index (χ4v) is 1.70. The van der Waals surface area contributed by atoms with Crippen molar-refractivity contribution in [3.8, 4) is 5.88 Å². The molecular weight excluding hydrogens is 240 g/mol. The monoisotopic (exact) mass is 256 g/mol. The molecule has 98 valence electrons. The van der Waals surface area contributed by atoms with E-state index in [0.29, 0.717) is 11.4 Å². The number of aromatic nitrogens is 1. The fourth-order valence-electron chi connectivity index (χ4n) is 1.70. The Morgan fingerprint density at radius 3 is 2.63 bits per heavy atom. The molecule has 0 atom stereocenters. The Balaban J connectivity index is 2.18. The van der Waals surface area contributed by atoms with Crippen molar-refractivity contribution in [2.24, 2.45) is 0 Å². The molecule has 0 bridgehead atoms. The lowest BCUT2D eigenvalue weighted by atomic mass is 10.1. The molecule has 0 aliphatic carbocycles. The van der Waals surface area contributed by atoms with Crippen molar-refractivity contribution in [3.05, 3.63) is 53.2 Å². The van der Waals surface area contributed by atoms with Gasteiger partial charge in [-0.15, -0.1) is 0 Å². The zero-order chi connectivity index (χ0) is 13.8. The third kappa shape index (κ3) is 3.10. The molecular formula is C15H16N2O2. The number of aryl methyl sites for hydroxylation is 2. The SMILES string of the molecule is COc1ccc(C(=O)Nc2cc(C)ccc2C)cn1. The minimum atomic E-state index is -0.177. The minimum Gasteiger partial charge on any atom is -0.481 e. The first kappa shape index (κ1) is 13.1. The Hall–Kier alpha value is -2.36. The second kappa shape index (κ2) is 5.52. The van der Waals surface area contributed by atoms with E-state index in [0.717, 1.165) is 16.8 Å². The molecule has 4 nitrogen and oxygen atoms in total. The van der Waals surface area contributed by atoms with Crippen molar-refractivity contribution < 1.29 is 9.53 Å². The highest BCUT2D eigenvalue weighted by molar-refractivity contribution is 6.04. The van der Waals surface area contributed by atoms with E-state index in [-0.39, 0.29) is 5.91 Å². The van der Waals surface area contributed by atoms with Gasteiger partial charge in [0.1, 0.15) is 0 Å². The van der Waals surface area contributed by atoms with Gasteiger partial charge in [-0.1, -0.05) is 12.1 Å². The number of nitrogens with zero attached hydrogens (tertiary/aromatic N) is 1.